The van der Waals surface area contributed by atoms with Crippen LogP contribution in [0.15, 0.2) is 12.3 Å². The zero-order chi connectivity index (χ0) is 11.0. The second kappa shape index (κ2) is 3.67. The number of hydrogen-bond acceptors (Lipinski definition) is 5. The van der Waals surface area contributed by atoms with E-state index in [0.29, 0.717) is 26.0 Å². The molecule has 0 saturated carbocycles. The van der Waals surface area contributed by atoms with Crippen LogP contribution in [0.5, 0.6) is 5.06 Å². The second-order valence-corrected chi connectivity index (χ2v) is 4.30. The zero-order valence-corrected chi connectivity index (χ0v) is 9.35. The lowest BCUT2D eigenvalue weighted by Crippen LogP contribution is -2.01. The summed E-state index contributed by atoms with van der Waals surface area (Å²) < 4.78 is 4.94. The van der Waals surface area contributed by atoms with E-state index in [1.54, 1.807) is 6.07 Å². The van der Waals surface area contributed by atoms with Gasteiger partial charge < -0.3 is 10.5 Å². The van der Waals surface area contributed by atoms with E-state index < -0.39 is 5.97 Å². The van der Waals surface area contributed by atoms with Crippen molar-refractivity contribution in [2.75, 3.05) is 5.73 Å². The van der Waals surface area contributed by atoms with Gasteiger partial charge in [0.25, 0.3) is 0 Å². The number of esters is 1. The molecule has 0 atom stereocenters. The average Bonchev–Trinajstić information content (AvgIpc) is 2.44. The minimum atomic E-state index is -0.403. The fourth-order valence-electron chi connectivity index (χ4n) is 1.16. The number of fused-ring (bicyclic) bond motifs is 1. The molecule has 2 rings (SSSR count). The van der Waals surface area contributed by atoms with Crippen LogP contribution in [0.4, 0.5) is 5.69 Å². The molecule has 0 bridgehead atoms. The average molecular weight is 243 g/mol. The van der Waals surface area contributed by atoms with E-state index in [2.05, 4.69) is 4.98 Å². The number of anilines is 1. The molecule has 6 heteroatoms. The molecule has 78 valence electrons. The Morgan fingerprint density at radius 3 is 3.07 bits per heavy atom. The van der Waals surface area contributed by atoms with Gasteiger partial charge in [-0.1, -0.05) is 22.9 Å². The summed E-state index contributed by atoms with van der Waals surface area (Å²) in [6.07, 6.45) is 1.53. The molecule has 0 aliphatic rings. The van der Waals surface area contributed by atoms with Crippen molar-refractivity contribution in [2.24, 2.45) is 0 Å². The lowest BCUT2D eigenvalue weighted by molar-refractivity contribution is -0.131. The maximum absolute atomic E-state index is 10.8. The first-order chi connectivity index (χ1) is 7.08. The van der Waals surface area contributed by atoms with E-state index in [-0.39, 0.29) is 0 Å². The van der Waals surface area contributed by atoms with Crippen molar-refractivity contribution in [2.45, 2.75) is 6.92 Å². The number of hydrogen-bond donors (Lipinski definition) is 1. The molecule has 0 spiro atoms. The molecule has 0 aromatic carbocycles. The number of carbonyl (C=O) groups excluding carboxylic acids is 1. The van der Waals surface area contributed by atoms with Crippen LogP contribution in [0.25, 0.3) is 10.2 Å². The van der Waals surface area contributed by atoms with Crippen LogP contribution in [-0.2, 0) is 4.79 Å². The van der Waals surface area contributed by atoms with Crippen LogP contribution in [0.1, 0.15) is 6.92 Å². The Balaban J connectivity index is 2.59. The van der Waals surface area contributed by atoms with Crippen molar-refractivity contribution in [1.29, 1.82) is 0 Å². The third-order valence-corrected chi connectivity index (χ3v) is 2.97. The van der Waals surface area contributed by atoms with E-state index in [1.165, 1.54) is 24.5 Å². The van der Waals surface area contributed by atoms with Crippen molar-refractivity contribution < 1.29 is 9.53 Å². The summed E-state index contributed by atoms with van der Waals surface area (Å²) in [6, 6.07) is 1.70. The topological polar surface area (TPSA) is 65.2 Å². The van der Waals surface area contributed by atoms with Crippen molar-refractivity contribution in [3.63, 3.8) is 0 Å². The number of nitrogens with two attached hydrogens (primary N) is 1. The van der Waals surface area contributed by atoms with Gasteiger partial charge in [0.1, 0.15) is 4.83 Å². The predicted octanol–water partition coefficient (Wildman–Crippen LogP) is 2.46. The molecule has 4 nitrogen and oxygen atoms in total. The maximum Gasteiger partial charge on any atom is 0.308 e. The molecule has 0 radical (unpaired) electrons. The number of aromatic nitrogens is 1. The van der Waals surface area contributed by atoms with Gasteiger partial charge in [0.2, 0.25) is 5.06 Å². The SMILES string of the molecule is CC(=O)Oc1sc2ncc(Cl)cc2c1N. The lowest BCUT2D eigenvalue weighted by Gasteiger charge is -1.97. The predicted molar refractivity (Wildman–Crippen MR) is 60.4 cm³/mol. The monoisotopic (exact) mass is 242 g/mol. The highest BCUT2D eigenvalue weighted by Crippen LogP contribution is 2.39. The van der Waals surface area contributed by atoms with Crippen molar-refractivity contribution >= 4 is 44.8 Å². The van der Waals surface area contributed by atoms with E-state index in [1.807, 2.05) is 0 Å². The third-order valence-electron chi connectivity index (χ3n) is 1.75. The van der Waals surface area contributed by atoms with Gasteiger partial charge in [0.15, 0.2) is 0 Å². The summed E-state index contributed by atoms with van der Waals surface area (Å²) in [5, 5.41) is 1.58. The second-order valence-electron chi connectivity index (χ2n) is 2.90. The third kappa shape index (κ3) is 1.88. The molecule has 0 aliphatic heterocycles. The number of nitrogen functional groups attached to an aromatic ring is 1. The first kappa shape index (κ1) is 10.2. The van der Waals surface area contributed by atoms with Crippen LogP contribution in [-0.4, -0.2) is 11.0 Å². The Morgan fingerprint density at radius 2 is 2.40 bits per heavy atom. The highest BCUT2D eigenvalue weighted by Gasteiger charge is 2.13. The number of halogens is 1. The summed E-state index contributed by atoms with van der Waals surface area (Å²) in [7, 11) is 0. The summed E-state index contributed by atoms with van der Waals surface area (Å²) in [5.41, 5.74) is 6.19. The Hall–Kier alpha value is -1.33. The summed E-state index contributed by atoms with van der Waals surface area (Å²) in [6.45, 7) is 1.32. The number of nitrogens with zero attached hydrogens (tertiary/aromatic N) is 1. The van der Waals surface area contributed by atoms with Gasteiger partial charge in [-0.3, -0.25) is 4.79 Å². The molecule has 2 aromatic rings. The van der Waals surface area contributed by atoms with Gasteiger partial charge in [-0.25, -0.2) is 4.98 Å². The summed E-state index contributed by atoms with van der Waals surface area (Å²) in [5.74, 6) is -0.403. The van der Waals surface area contributed by atoms with Gasteiger partial charge in [-0.05, 0) is 6.07 Å². The fraction of sp³-hybridized carbons (Fsp3) is 0.111. The quantitative estimate of drug-likeness (QED) is 0.780. The van der Waals surface area contributed by atoms with Gasteiger partial charge in [-0.15, -0.1) is 0 Å². The number of ether oxygens (including phenoxy) is 1. The number of carbonyl (C=O) groups is 1. The smallest absolute Gasteiger partial charge is 0.308 e. The Morgan fingerprint density at radius 1 is 1.67 bits per heavy atom. The van der Waals surface area contributed by atoms with Gasteiger partial charge >= 0.3 is 5.97 Å². The Labute approximate surface area is 94.6 Å². The van der Waals surface area contributed by atoms with Gasteiger partial charge in [0, 0.05) is 18.5 Å². The van der Waals surface area contributed by atoms with Crippen LogP contribution in [0.2, 0.25) is 5.02 Å². The molecular formula is C9H7ClN2O2S. The number of thiophene rings is 1. The molecule has 2 heterocycles. The van der Waals surface area contributed by atoms with Crippen LogP contribution in [0.3, 0.4) is 0 Å². The molecule has 0 saturated heterocycles. The Kier molecular flexibility index (Phi) is 2.50. The molecule has 0 amide bonds. The van der Waals surface area contributed by atoms with E-state index in [9.17, 15) is 4.79 Å². The number of pyridine rings is 1. The minimum Gasteiger partial charge on any atom is -0.413 e. The number of rotatable bonds is 1. The van der Waals surface area contributed by atoms with E-state index >= 15 is 0 Å². The molecular weight excluding hydrogens is 236 g/mol. The standard InChI is InChI=1S/C9H7ClN2O2S/c1-4(13)14-9-7(11)6-2-5(10)3-12-8(6)15-9/h2-3H,11H2,1H3. The van der Waals surface area contributed by atoms with Crippen molar-refractivity contribution in [3.8, 4) is 5.06 Å². The molecule has 2 N–H and O–H groups in total. The molecule has 15 heavy (non-hydrogen) atoms. The summed E-state index contributed by atoms with van der Waals surface area (Å²) >= 11 is 7.01. The van der Waals surface area contributed by atoms with Gasteiger partial charge in [0.05, 0.1) is 10.7 Å². The van der Waals surface area contributed by atoms with E-state index in [4.69, 9.17) is 22.1 Å². The fourth-order valence-corrected chi connectivity index (χ4v) is 2.26. The molecule has 0 fully saturated rings. The highest BCUT2D eigenvalue weighted by molar-refractivity contribution is 7.21. The maximum atomic E-state index is 10.8. The van der Waals surface area contributed by atoms with Crippen LogP contribution in [0, 0.1) is 0 Å². The first-order valence-corrected chi connectivity index (χ1v) is 5.29. The highest BCUT2D eigenvalue weighted by atomic mass is 35.5. The molecule has 0 aliphatic carbocycles. The normalized spacial score (nSPS) is 10.5. The Bertz CT molecular complexity index is 538. The van der Waals surface area contributed by atoms with Gasteiger partial charge in [-0.2, -0.15) is 0 Å². The lowest BCUT2D eigenvalue weighted by atomic mass is 10.3. The van der Waals surface area contributed by atoms with Crippen LogP contribution < -0.4 is 10.5 Å². The van der Waals surface area contributed by atoms with E-state index in [0.717, 1.165) is 0 Å². The first-order valence-electron chi connectivity index (χ1n) is 4.10. The summed E-state index contributed by atoms with van der Waals surface area (Å²) in [4.78, 5) is 15.6. The minimum absolute atomic E-state index is 0.368. The largest absolute Gasteiger partial charge is 0.413 e. The molecule has 2 aromatic heterocycles. The zero-order valence-electron chi connectivity index (χ0n) is 7.78. The van der Waals surface area contributed by atoms with Crippen molar-refractivity contribution in [3.05, 3.63) is 17.3 Å². The van der Waals surface area contributed by atoms with Crippen molar-refractivity contribution in [1.82, 2.24) is 4.98 Å². The van der Waals surface area contributed by atoms with Crippen LogP contribution >= 0.6 is 22.9 Å². The molecule has 0 unspecified atom stereocenters.